The minimum absolute atomic E-state index is 0.196. The number of nitrogens with two attached hydrogens (primary N) is 1. The number of aryl methyl sites for hydroxylation is 1. The second kappa shape index (κ2) is 4.64. The highest BCUT2D eigenvalue weighted by atomic mass is 35.5. The smallest absolute Gasteiger partial charge is 0.0728 e. The summed E-state index contributed by atoms with van der Waals surface area (Å²) in [6.07, 6.45) is 1.75. The molecule has 0 aliphatic carbocycles. The van der Waals surface area contributed by atoms with Crippen LogP contribution in [-0.4, -0.2) is 4.98 Å². The highest BCUT2D eigenvalue weighted by Gasteiger charge is 2.12. The average Bonchev–Trinajstić information content (AvgIpc) is 2.29. The van der Waals surface area contributed by atoms with Crippen LogP contribution in [0.3, 0.4) is 0 Å². The number of halogens is 1. The fourth-order valence-electron chi connectivity index (χ4n) is 1.71. The van der Waals surface area contributed by atoms with E-state index in [2.05, 4.69) is 4.98 Å². The second-order valence-electron chi connectivity index (χ2n) is 3.73. The monoisotopic (exact) mass is 232 g/mol. The number of hydrogen-bond acceptors (Lipinski definition) is 2. The van der Waals surface area contributed by atoms with E-state index in [9.17, 15) is 0 Å². The Morgan fingerprint density at radius 1 is 1.25 bits per heavy atom. The van der Waals surface area contributed by atoms with Gasteiger partial charge in [0.15, 0.2) is 0 Å². The lowest BCUT2D eigenvalue weighted by Crippen LogP contribution is -2.14. The molecule has 2 rings (SSSR count). The first-order chi connectivity index (χ1) is 7.68. The van der Waals surface area contributed by atoms with Gasteiger partial charge in [0.1, 0.15) is 0 Å². The number of hydrogen-bond donors (Lipinski definition) is 1. The quantitative estimate of drug-likeness (QED) is 0.864. The van der Waals surface area contributed by atoms with Crippen molar-refractivity contribution in [3.8, 4) is 0 Å². The maximum atomic E-state index is 6.16. The molecule has 1 aromatic heterocycles. The number of aromatic nitrogens is 1. The Kier molecular flexibility index (Phi) is 3.22. The summed E-state index contributed by atoms with van der Waals surface area (Å²) in [6.45, 7) is 2.00. The topological polar surface area (TPSA) is 38.9 Å². The van der Waals surface area contributed by atoms with E-state index in [1.54, 1.807) is 6.20 Å². The van der Waals surface area contributed by atoms with Crippen LogP contribution in [0.15, 0.2) is 42.6 Å². The molecule has 0 aliphatic rings. The Hall–Kier alpha value is -1.38. The van der Waals surface area contributed by atoms with Crippen LogP contribution >= 0.6 is 11.6 Å². The normalized spacial score (nSPS) is 12.4. The van der Waals surface area contributed by atoms with Gasteiger partial charge < -0.3 is 5.73 Å². The van der Waals surface area contributed by atoms with Gasteiger partial charge in [-0.15, -0.1) is 0 Å². The number of pyridine rings is 1. The number of nitrogens with zero attached hydrogens (tertiary/aromatic N) is 1. The molecular weight excluding hydrogens is 220 g/mol. The van der Waals surface area contributed by atoms with Crippen LogP contribution in [0.25, 0.3) is 0 Å². The van der Waals surface area contributed by atoms with Crippen molar-refractivity contribution < 1.29 is 0 Å². The van der Waals surface area contributed by atoms with Gasteiger partial charge >= 0.3 is 0 Å². The maximum Gasteiger partial charge on any atom is 0.0728 e. The van der Waals surface area contributed by atoms with Crippen LogP contribution in [-0.2, 0) is 0 Å². The van der Waals surface area contributed by atoms with E-state index in [0.717, 1.165) is 21.8 Å². The molecule has 1 unspecified atom stereocenters. The largest absolute Gasteiger partial charge is 0.319 e. The third kappa shape index (κ3) is 2.23. The molecule has 2 aromatic rings. The predicted octanol–water partition coefficient (Wildman–Crippen LogP) is 3.09. The van der Waals surface area contributed by atoms with Gasteiger partial charge in [0.2, 0.25) is 0 Å². The fraction of sp³-hybridized carbons (Fsp3) is 0.154. The summed E-state index contributed by atoms with van der Waals surface area (Å²) in [6, 6.07) is 11.3. The van der Waals surface area contributed by atoms with Gasteiger partial charge in [-0.05, 0) is 42.3 Å². The van der Waals surface area contributed by atoms with Gasteiger partial charge in [0, 0.05) is 11.2 Å². The maximum absolute atomic E-state index is 6.16. The Morgan fingerprint density at radius 3 is 2.69 bits per heavy atom. The molecule has 2 nitrogen and oxygen atoms in total. The number of benzene rings is 1. The number of rotatable bonds is 2. The Balaban J connectivity index is 2.38. The Bertz CT molecular complexity index is 483. The summed E-state index contributed by atoms with van der Waals surface area (Å²) in [7, 11) is 0. The molecule has 3 heteroatoms. The summed E-state index contributed by atoms with van der Waals surface area (Å²) < 4.78 is 0. The summed E-state index contributed by atoms with van der Waals surface area (Å²) in [5, 5.41) is 0.731. The van der Waals surface area contributed by atoms with E-state index >= 15 is 0 Å². The lowest BCUT2D eigenvalue weighted by atomic mass is 9.99. The minimum Gasteiger partial charge on any atom is -0.319 e. The lowest BCUT2D eigenvalue weighted by molar-refractivity contribution is 0.821. The summed E-state index contributed by atoms with van der Waals surface area (Å²) in [5.74, 6) is 0. The Morgan fingerprint density at radius 2 is 2.06 bits per heavy atom. The molecule has 0 fully saturated rings. The van der Waals surface area contributed by atoms with Gasteiger partial charge in [0.25, 0.3) is 0 Å². The molecule has 0 saturated heterocycles. The third-order valence-electron chi connectivity index (χ3n) is 2.57. The molecule has 0 bridgehead atoms. The second-order valence-corrected chi connectivity index (χ2v) is 4.17. The zero-order chi connectivity index (χ0) is 11.5. The van der Waals surface area contributed by atoms with Crippen molar-refractivity contribution in [1.29, 1.82) is 0 Å². The SMILES string of the molecule is Cc1cc(Cl)ccc1C(N)c1ccccn1. The van der Waals surface area contributed by atoms with Crippen molar-refractivity contribution >= 4 is 11.6 Å². The Labute approximate surface area is 100 Å². The van der Waals surface area contributed by atoms with Crippen LogP contribution < -0.4 is 5.73 Å². The molecule has 2 N–H and O–H groups in total. The molecule has 0 amide bonds. The van der Waals surface area contributed by atoms with Crippen LogP contribution in [0.2, 0.25) is 5.02 Å². The van der Waals surface area contributed by atoms with E-state index in [4.69, 9.17) is 17.3 Å². The molecule has 16 heavy (non-hydrogen) atoms. The van der Waals surface area contributed by atoms with Crippen molar-refractivity contribution in [3.05, 3.63) is 64.4 Å². The zero-order valence-corrected chi connectivity index (χ0v) is 9.78. The van der Waals surface area contributed by atoms with Crippen molar-refractivity contribution in [3.63, 3.8) is 0 Å². The van der Waals surface area contributed by atoms with Crippen molar-refractivity contribution in [2.75, 3.05) is 0 Å². The predicted molar refractivity (Wildman–Crippen MR) is 66.5 cm³/mol. The fourth-order valence-corrected chi connectivity index (χ4v) is 1.93. The average molecular weight is 233 g/mol. The molecule has 0 spiro atoms. The van der Waals surface area contributed by atoms with E-state index in [-0.39, 0.29) is 6.04 Å². The molecule has 1 heterocycles. The van der Waals surface area contributed by atoms with Crippen LogP contribution in [0.1, 0.15) is 22.9 Å². The van der Waals surface area contributed by atoms with E-state index in [1.165, 1.54) is 0 Å². The van der Waals surface area contributed by atoms with Gasteiger partial charge in [-0.2, -0.15) is 0 Å². The van der Waals surface area contributed by atoms with E-state index < -0.39 is 0 Å². The first-order valence-corrected chi connectivity index (χ1v) is 5.49. The van der Waals surface area contributed by atoms with Gasteiger partial charge in [-0.25, -0.2) is 0 Å². The molecule has 82 valence electrons. The highest BCUT2D eigenvalue weighted by molar-refractivity contribution is 6.30. The van der Waals surface area contributed by atoms with Crippen molar-refractivity contribution in [1.82, 2.24) is 4.98 Å². The first kappa shape index (κ1) is 11.1. The summed E-state index contributed by atoms with van der Waals surface area (Å²) in [5.41, 5.74) is 9.18. The molecule has 0 saturated carbocycles. The minimum atomic E-state index is -0.196. The highest BCUT2D eigenvalue weighted by Crippen LogP contribution is 2.23. The lowest BCUT2D eigenvalue weighted by Gasteiger charge is -2.14. The van der Waals surface area contributed by atoms with Crippen molar-refractivity contribution in [2.24, 2.45) is 5.73 Å². The van der Waals surface area contributed by atoms with Crippen molar-refractivity contribution in [2.45, 2.75) is 13.0 Å². The van der Waals surface area contributed by atoms with Gasteiger partial charge in [-0.1, -0.05) is 23.7 Å². The first-order valence-electron chi connectivity index (χ1n) is 5.11. The standard InChI is InChI=1S/C13H13ClN2/c1-9-8-10(14)5-6-11(9)13(15)12-4-2-3-7-16-12/h2-8,13H,15H2,1H3. The summed E-state index contributed by atoms with van der Waals surface area (Å²) >= 11 is 5.91. The van der Waals surface area contributed by atoms with E-state index in [0.29, 0.717) is 0 Å². The molecule has 0 radical (unpaired) electrons. The molecular formula is C13H13ClN2. The molecule has 0 aliphatic heterocycles. The summed E-state index contributed by atoms with van der Waals surface area (Å²) in [4.78, 5) is 4.26. The molecule has 1 atom stereocenters. The van der Waals surface area contributed by atoms with Crippen LogP contribution in [0, 0.1) is 6.92 Å². The van der Waals surface area contributed by atoms with Crippen LogP contribution in [0.4, 0.5) is 0 Å². The molecule has 1 aromatic carbocycles. The van der Waals surface area contributed by atoms with Gasteiger partial charge in [0.05, 0.1) is 11.7 Å². The van der Waals surface area contributed by atoms with Crippen LogP contribution in [0.5, 0.6) is 0 Å². The van der Waals surface area contributed by atoms with Gasteiger partial charge in [-0.3, -0.25) is 4.98 Å². The zero-order valence-electron chi connectivity index (χ0n) is 9.02. The van der Waals surface area contributed by atoms with E-state index in [1.807, 2.05) is 43.3 Å². The third-order valence-corrected chi connectivity index (χ3v) is 2.81.